The Balaban J connectivity index is 1.19. The van der Waals surface area contributed by atoms with Gasteiger partial charge in [0, 0.05) is 43.3 Å². The van der Waals surface area contributed by atoms with E-state index in [1.54, 1.807) is 0 Å². The molecule has 0 spiro atoms. The van der Waals surface area contributed by atoms with E-state index in [1.807, 2.05) is 24.3 Å². The number of furan rings is 3. The molecule has 52 heavy (non-hydrogen) atoms. The van der Waals surface area contributed by atoms with Gasteiger partial charge in [-0.1, -0.05) is 97.1 Å². The molecule has 0 aliphatic carbocycles. The molecule has 0 saturated carbocycles. The average molecular weight is 665 g/mol. The van der Waals surface area contributed by atoms with E-state index in [4.69, 9.17) is 18.2 Å². The third-order valence-electron chi connectivity index (χ3n) is 11.1. The van der Waals surface area contributed by atoms with Crippen LogP contribution in [-0.4, -0.2) is 9.38 Å². The number of para-hydroxylation sites is 4. The van der Waals surface area contributed by atoms with Crippen molar-refractivity contribution in [1.29, 1.82) is 0 Å². The Morgan fingerprint density at radius 3 is 2.06 bits per heavy atom. The first-order chi connectivity index (χ1) is 25.8. The predicted octanol–water partition coefficient (Wildman–Crippen LogP) is 13.3. The Hall–Kier alpha value is -7.11. The first-order valence-electron chi connectivity index (χ1n) is 17.5. The van der Waals surface area contributed by atoms with Gasteiger partial charge in [-0.15, -0.1) is 0 Å². The lowest BCUT2D eigenvalue weighted by molar-refractivity contribution is 0.660. The maximum atomic E-state index is 6.82. The molecule has 5 heterocycles. The Labute approximate surface area is 293 Å². The minimum Gasteiger partial charge on any atom is -0.456 e. The number of hydrogen-bond donors (Lipinski definition) is 0. The monoisotopic (exact) mass is 664 g/mol. The van der Waals surface area contributed by atoms with Gasteiger partial charge < -0.3 is 13.3 Å². The molecule has 13 aromatic rings. The molecule has 0 atom stereocenters. The zero-order chi connectivity index (χ0) is 33.7. The average Bonchev–Trinajstić information content (AvgIpc) is 3.96. The van der Waals surface area contributed by atoms with E-state index in [9.17, 15) is 0 Å². The number of rotatable bonds is 1. The molecule has 0 amide bonds. The number of pyridine rings is 1. The van der Waals surface area contributed by atoms with E-state index in [-0.39, 0.29) is 0 Å². The van der Waals surface area contributed by atoms with Gasteiger partial charge in [-0.2, -0.15) is 0 Å². The number of imidazole rings is 1. The molecule has 13 rings (SSSR count). The van der Waals surface area contributed by atoms with Gasteiger partial charge in [-0.05, 0) is 70.3 Å². The van der Waals surface area contributed by atoms with Crippen molar-refractivity contribution in [2.24, 2.45) is 0 Å². The number of fused-ring (bicyclic) bond motifs is 21. The standard InChI is InChI=1S/C47H24N2O3/c1-2-10-27-25(9-1)17-20-30-28-19-18-26(23-36(28)49-35-14-6-5-13-34(35)48-47(49)41(27)30)33-24-40-43(42-32-12-4-8-16-38(32)52-46(33)42)44-39(50-40)22-21-31-29-11-3-7-15-37(29)51-45(31)44/h1-24H. The van der Waals surface area contributed by atoms with E-state index in [2.05, 4.69) is 126 Å². The highest BCUT2D eigenvalue weighted by Gasteiger charge is 2.24. The lowest BCUT2D eigenvalue weighted by atomic mass is 9.95. The van der Waals surface area contributed by atoms with Gasteiger partial charge in [0.15, 0.2) is 0 Å². The fourth-order valence-electron chi connectivity index (χ4n) is 8.92. The molecule has 0 fully saturated rings. The summed E-state index contributed by atoms with van der Waals surface area (Å²) in [4.78, 5) is 5.25. The van der Waals surface area contributed by atoms with Crippen LogP contribution < -0.4 is 0 Å². The number of benzene rings is 8. The molecule has 0 saturated heterocycles. The highest BCUT2D eigenvalue weighted by Crippen LogP contribution is 2.48. The van der Waals surface area contributed by atoms with Gasteiger partial charge in [0.2, 0.25) is 0 Å². The summed E-state index contributed by atoms with van der Waals surface area (Å²) in [6, 6.07) is 51.0. The minimum atomic E-state index is 0.786. The van der Waals surface area contributed by atoms with E-state index in [0.29, 0.717) is 0 Å². The van der Waals surface area contributed by atoms with Gasteiger partial charge in [-0.25, -0.2) is 4.98 Å². The lowest BCUT2D eigenvalue weighted by Crippen LogP contribution is -1.93. The highest BCUT2D eigenvalue weighted by atomic mass is 16.3. The van der Waals surface area contributed by atoms with Gasteiger partial charge in [0.25, 0.3) is 0 Å². The first kappa shape index (κ1) is 26.7. The van der Waals surface area contributed by atoms with E-state index in [0.717, 1.165) is 110 Å². The molecule has 5 heteroatoms. The number of aromatic nitrogens is 2. The summed E-state index contributed by atoms with van der Waals surface area (Å²) in [6.45, 7) is 0. The van der Waals surface area contributed by atoms with Gasteiger partial charge in [0.1, 0.15) is 39.1 Å². The van der Waals surface area contributed by atoms with Gasteiger partial charge in [0.05, 0.1) is 21.9 Å². The zero-order valence-corrected chi connectivity index (χ0v) is 27.5. The molecule has 0 aliphatic heterocycles. The van der Waals surface area contributed by atoms with Crippen LogP contribution in [0.2, 0.25) is 0 Å². The predicted molar refractivity (Wildman–Crippen MR) is 212 cm³/mol. The molecule has 8 aromatic carbocycles. The SMILES string of the molecule is c1ccc2c(c1)ccc1c3ccc(-c4cc5oc6ccc7c8ccccc8oc7c6c5c5c4oc4ccccc45)cc3n3c4ccccc4nc3c21. The highest BCUT2D eigenvalue weighted by molar-refractivity contribution is 6.33. The molecular weight excluding hydrogens is 641 g/mol. The van der Waals surface area contributed by atoms with Crippen molar-refractivity contribution >= 4 is 115 Å². The molecule has 0 aliphatic rings. The lowest BCUT2D eigenvalue weighted by Gasteiger charge is -2.13. The Kier molecular flexibility index (Phi) is 4.81. The fourth-order valence-corrected chi connectivity index (χ4v) is 8.92. The Morgan fingerprint density at radius 2 is 1.13 bits per heavy atom. The second-order valence-electron chi connectivity index (χ2n) is 13.8. The second kappa shape index (κ2) is 9.36. The van der Waals surface area contributed by atoms with Crippen molar-refractivity contribution in [2.45, 2.75) is 0 Å². The topological polar surface area (TPSA) is 56.7 Å². The summed E-state index contributed by atoms with van der Waals surface area (Å²) >= 11 is 0. The largest absolute Gasteiger partial charge is 0.456 e. The molecule has 5 nitrogen and oxygen atoms in total. The van der Waals surface area contributed by atoms with Crippen LogP contribution >= 0.6 is 0 Å². The normalized spacial score (nSPS) is 12.6. The van der Waals surface area contributed by atoms with Crippen molar-refractivity contribution in [3.63, 3.8) is 0 Å². The van der Waals surface area contributed by atoms with E-state index in [1.165, 1.54) is 16.2 Å². The summed E-state index contributed by atoms with van der Waals surface area (Å²) in [5, 5.41) is 12.1. The third kappa shape index (κ3) is 3.26. The first-order valence-corrected chi connectivity index (χ1v) is 17.5. The third-order valence-corrected chi connectivity index (χ3v) is 11.1. The van der Waals surface area contributed by atoms with Gasteiger partial charge in [-0.3, -0.25) is 4.40 Å². The summed E-state index contributed by atoms with van der Waals surface area (Å²) in [6.07, 6.45) is 0. The van der Waals surface area contributed by atoms with Crippen LogP contribution in [0.1, 0.15) is 0 Å². The van der Waals surface area contributed by atoms with E-state index < -0.39 is 0 Å². The van der Waals surface area contributed by atoms with Crippen molar-refractivity contribution < 1.29 is 13.3 Å². The Bertz CT molecular complexity index is 3710. The van der Waals surface area contributed by atoms with Crippen LogP contribution in [0.5, 0.6) is 0 Å². The smallest absolute Gasteiger partial charge is 0.147 e. The van der Waals surface area contributed by atoms with E-state index >= 15 is 0 Å². The molecule has 5 aromatic heterocycles. The Morgan fingerprint density at radius 1 is 0.404 bits per heavy atom. The molecule has 0 unspecified atom stereocenters. The summed E-state index contributed by atoms with van der Waals surface area (Å²) in [5.41, 5.74) is 11.0. The van der Waals surface area contributed by atoms with Gasteiger partial charge >= 0.3 is 0 Å². The number of hydrogen-bond acceptors (Lipinski definition) is 4. The zero-order valence-electron chi connectivity index (χ0n) is 27.5. The van der Waals surface area contributed by atoms with Crippen LogP contribution in [0, 0.1) is 0 Å². The van der Waals surface area contributed by atoms with Crippen molar-refractivity contribution in [2.75, 3.05) is 0 Å². The minimum absolute atomic E-state index is 0.786. The van der Waals surface area contributed by atoms with Crippen LogP contribution in [0.4, 0.5) is 0 Å². The summed E-state index contributed by atoms with van der Waals surface area (Å²) in [7, 11) is 0. The van der Waals surface area contributed by atoms with Crippen molar-refractivity contribution in [3.05, 3.63) is 146 Å². The molecule has 0 bridgehead atoms. The van der Waals surface area contributed by atoms with Crippen molar-refractivity contribution in [3.8, 4) is 11.1 Å². The second-order valence-corrected chi connectivity index (χ2v) is 13.8. The van der Waals surface area contributed by atoms with Crippen LogP contribution in [0.25, 0.3) is 126 Å². The summed E-state index contributed by atoms with van der Waals surface area (Å²) in [5.74, 6) is 0. The quantitative estimate of drug-likeness (QED) is 0.164. The number of nitrogens with zero attached hydrogens (tertiary/aromatic N) is 2. The molecule has 0 N–H and O–H groups in total. The van der Waals surface area contributed by atoms with Crippen molar-refractivity contribution in [1.82, 2.24) is 9.38 Å². The maximum absolute atomic E-state index is 6.82. The van der Waals surface area contributed by atoms with Crippen LogP contribution in [-0.2, 0) is 0 Å². The summed E-state index contributed by atoms with van der Waals surface area (Å²) < 4.78 is 22.4. The fraction of sp³-hybridized carbons (Fsp3) is 0. The van der Waals surface area contributed by atoms with Crippen LogP contribution in [0.3, 0.4) is 0 Å². The molecule has 0 radical (unpaired) electrons. The van der Waals surface area contributed by atoms with Crippen LogP contribution in [0.15, 0.2) is 159 Å². The molecule has 240 valence electrons. The molecular formula is C47H24N2O3. The maximum Gasteiger partial charge on any atom is 0.147 e.